The highest BCUT2D eigenvalue weighted by molar-refractivity contribution is 7.22. The number of carbonyl (C=O) groups is 2. The molecular formula is C28H23FN2O6S. The van der Waals surface area contributed by atoms with Crippen LogP contribution in [-0.2, 0) is 9.59 Å². The number of amides is 1. The molecule has 1 saturated heterocycles. The highest BCUT2D eigenvalue weighted by Crippen LogP contribution is 2.48. The Hall–Kier alpha value is -4.44. The zero-order valence-electron chi connectivity index (χ0n) is 20.9. The van der Waals surface area contributed by atoms with Gasteiger partial charge in [-0.15, -0.1) is 0 Å². The Bertz CT molecular complexity index is 1590. The van der Waals surface area contributed by atoms with Crippen molar-refractivity contribution in [2.24, 2.45) is 0 Å². The van der Waals surface area contributed by atoms with Crippen molar-refractivity contribution in [2.75, 3.05) is 26.2 Å². The van der Waals surface area contributed by atoms with Gasteiger partial charge in [-0.25, -0.2) is 9.37 Å². The van der Waals surface area contributed by atoms with E-state index in [0.717, 1.165) is 16.9 Å². The van der Waals surface area contributed by atoms with E-state index in [1.54, 1.807) is 36.4 Å². The smallest absolute Gasteiger partial charge is 0.301 e. The minimum atomic E-state index is -1.09. The van der Waals surface area contributed by atoms with Crippen molar-refractivity contribution in [3.8, 4) is 17.2 Å². The average molecular weight is 535 g/mol. The van der Waals surface area contributed by atoms with Crippen LogP contribution in [0.1, 0.15) is 22.7 Å². The Labute approximate surface area is 221 Å². The molecule has 1 aliphatic rings. The van der Waals surface area contributed by atoms with Gasteiger partial charge in [-0.1, -0.05) is 41.2 Å². The lowest BCUT2D eigenvalue weighted by Crippen LogP contribution is -2.29. The van der Waals surface area contributed by atoms with Crippen LogP contribution in [0.5, 0.6) is 17.2 Å². The zero-order chi connectivity index (χ0) is 27.1. The largest absolute Gasteiger partial charge is 0.507 e. The lowest BCUT2D eigenvalue weighted by Gasteiger charge is -2.24. The minimum Gasteiger partial charge on any atom is -0.507 e. The fourth-order valence-corrected chi connectivity index (χ4v) is 5.48. The summed E-state index contributed by atoms with van der Waals surface area (Å²) in [5.74, 6) is -1.62. The summed E-state index contributed by atoms with van der Waals surface area (Å²) in [7, 11) is 4.36. The Morgan fingerprint density at radius 1 is 0.974 bits per heavy atom. The van der Waals surface area contributed by atoms with Crippen LogP contribution in [0.3, 0.4) is 0 Å². The minimum absolute atomic E-state index is 0.126. The second-order valence-electron chi connectivity index (χ2n) is 8.60. The van der Waals surface area contributed by atoms with Crippen LogP contribution in [0.15, 0.2) is 60.2 Å². The quantitative estimate of drug-likeness (QED) is 0.201. The van der Waals surface area contributed by atoms with Crippen molar-refractivity contribution in [3.05, 3.63) is 82.7 Å². The number of hydrogen-bond donors (Lipinski definition) is 1. The van der Waals surface area contributed by atoms with Gasteiger partial charge in [0.1, 0.15) is 11.6 Å². The van der Waals surface area contributed by atoms with Crippen LogP contribution >= 0.6 is 11.3 Å². The van der Waals surface area contributed by atoms with Gasteiger partial charge in [0.2, 0.25) is 5.75 Å². The van der Waals surface area contributed by atoms with E-state index in [9.17, 15) is 19.1 Å². The van der Waals surface area contributed by atoms with E-state index in [-0.39, 0.29) is 16.5 Å². The molecule has 0 aliphatic carbocycles. The van der Waals surface area contributed by atoms with E-state index in [1.165, 1.54) is 44.4 Å². The third-order valence-corrected chi connectivity index (χ3v) is 7.33. The van der Waals surface area contributed by atoms with Crippen molar-refractivity contribution in [2.45, 2.75) is 13.0 Å². The number of aliphatic hydroxyl groups is 1. The summed E-state index contributed by atoms with van der Waals surface area (Å²) in [6.07, 6.45) is 0. The number of hydrogen-bond acceptors (Lipinski definition) is 8. The number of halogens is 1. The third-order valence-electron chi connectivity index (χ3n) is 6.32. The van der Waals surface area contributed by atoms with Crippen LogP contribution in [-0.4, -0.2) is 43.1 Å². The number of ether oxygens (including phenoxy) is 3. The van der Waals surface area contributed by atoms with Crippen molar-refractivity contribution < 1.29 is 33.3 Å². The van der Waals surface area contributed by atoms with E-state index in [2.05, 4.69) is 4.98 Å². The number of anilines is 1. The van der Waals surface area contributed by atoms with Gasteiger partial charge < -0.3 is 19.3 Å². The van der Waals surface area contributed by atoms with Crippen LogP contribution < -0.4 is 19.1 Å². The van der Waals surface area contributed by atoms with Gasteiger partial charge in [0.15, 0.2) is 16.6 Å². The van der Waals surface area contributed by atoms with Crippen LogP contribution in [0.25, 0.3) is 16.0 Å². The Morgan fingerprint density at radius 3 is 2.24 bits per heavy atom. The van der Waals surface area contributed by atoms with E-state index in [1.807, 2.05) is 6.92 Å². The van der Waals surface area contributed by atoms with E-state index in [4.69, 9.17) is 14.2 Å². The number of Topliss-reactive ketones (excluding diaryl/α,β-unsaturated/α-hetero) is 1. The third kappa shape index (κ3) is 4.12. The number of nitrogens with zero attached hydrogens (tertiary/aromatic N) is 2. The lowest BCUT2D eigenvalue weighted by molar-refractivity contribution is -0.132. The standard InChI is InChI=1S/C28H23FN2O6S/c1-14-5-7-15(8-6-14)24(32)22-23(16-11-19(35-2)26(37-4)20(12-16)36-3)31(27(34)25(22)33)28-30-18-10-9-17(29)13-21(18)38-28/h5-13,23,32H,1-4H3/b24-22+/t23-/m0/s1. The molecule has 1 N–H and O–H groups in total. The molecule has 1 aliphatic heterocycles. The summed E-state index contributed by atoms with van der Waals surface area (Å²) in [4.78, 5) is 32.7. The fourth-order valence-electron chi connectivity index (χ4n) is 4.46. The number of rotatable bonds is 6. The lowest BCUT2D eigenvalue weighted by atomic mass is 9.94. The van der Waals surface area contributed by atoms with E-state index >= 15 is 0 Å². The van der Waals surface area contributed by atoms with Gasteiger partial charge in [0, 0.05) is 5.56 Å². The molecule has 1 fully saturated rings. The Morgan fingerprint density at radius 2 is 1.63 bits per heavy atom. The van der Waals surface area contributed by atoms with Crippen LogP contribution in [0.4, 0.5) is 9.52 Å². The van der Waals surface area contributed by atoms with Gasteiger partial charge >= 0.3 is 5.91 Å². The highest BCUT2D eigenvalue weighted by atomic mass is 32.1. The van der Waals surface area contributed by atoms with E-state index < -0.39 is 23.5 Å². The summed E-state index contributed by atoms with van der Waals surface area (Å²) in [5.41, 5.74) is 2.09. The topological polar surface area (TPSA) is 98.2 Å². The average Bonchev–Trinajstić information content (AvgIpc) is 3.45. The van der Waals surface area contributed by atoms with Gasteiger partial charge in [0.05, 0.1) is 43.2 Å². The number of aromatic nitrogens is 1. The van der Waals surface area contributed by atoms with E-state index in [0.29, 0.717) is 38.6 Å². The second-order valence-corrected chi connectivity index (χ2v) is 9.61. The molecule has 10 heteroatoms. The maximum absolute atomic E-state index is 13.9. The molecule has 2 heterocycles. The molecule has 0 spiro atoms. The van der Waals surface area contributed by atoms with Gasteiger partial charge in [-0.2, -0.15) is 0 Å². The maximum atomic E-state index is 13.9. The maximum Gasteiger partial charge on any atom is 0.301 e. The first-order valence-electron chi connectivity index (χ1n) is 11.5. The summed E-state index contributed by atoms with van der Waals surface area (Å²) in [6, 6.07) is 13.2. The zero-order valence-corrected chi connectivity index (χ0v) is 21.8. The molecule has 1 atom stereocenters. The molecule has 3 aromatic carbocycles. The van der Waals surface area contributed by atoms with Gasteiger partial charge in [-0.05, 0) is 42.8 Å². The first-order valence-corrected chi connectivity index (χ1v) is 12.3. The number of methoxy groups -OCH3 is 3. The molecule has 1 aromatic heterocycles. The number of fused-ring (bicyclic) bond motifs is 1. The van der Waals surface area contributed by atoms with Gasteiger partial charge in [0.25, 0.3) is 5.78 Å². The number of carbonyl (C=O) groups excluding carboxylic acids is 2. The summed E-state index contributed by atoms with van der Waals surface area (Å²) < 4.78 is 30.8. The first-order chi connectivity index (χ1) is 18.3. The summed E-state index contributed by atoms with van der Waals surface area (Å²) in [5, 5.41) is 11.5. The van der Waals surface area contributed by atoms with Crippen molar-refractivity contribution in [3.63, 3.8) is 0 Å². The SMILES string of the molecule is COc1cc([C@H]2/C(=C(\O)c3ccc(C)cc3)C(=O)C(=O)N2c2nc3ccc(F)cc3s2)cc(OC)c1OC. The van der Waals surface area contributed by atoms with Crippen molar-refractivity contribution in [1.29, 1.82) is 0 Å². The highest BCUT2D eigenvalue weighted by Gasteiger charge is 2.48. The number of aryl methyl sites for hydroxylation is 1. The molecular weight excluding hydrogens is 511 g/mol. The molecule has 0 bridgehead atoms. The molecule has 4 aromatic rings. The van der Waals surface area contributed by atoms with Crippen LogP contribution in [0.2, 0.25) is 0 Å². The molecule has 38 heavy (non-hydrogen) atoms. The molecule has 5 rings (SSSR count). The monoisotopic (exact) mass is 534 g/mol. The van der Waals surface area contributed by atoms with Crippen LogP contribution in [0, 0.1) is 12.7 Å². The summed E-state index contributed by atoms with van der Waals surface area (Å²) >= 11 is 1.06. The van der Waals surface area contributed by atoms with Gasteiger partial charge in [-0.3, -0.25) is 14.5 Å². The number of benzene rings is 3. The molecule has 1 amide bonds. The molecule has 0 saturated carbocycles. The number of thiazole rings is 1. The first kappa shape index (κ1) is 25.2. The predicted octanol–water partition coefficient (Wildman–Crippen LogP) is 5.40. The normalized spacial score (nSPS) is 16.8. The summed E-state index contributed by atoms with van der Waals surface area (Å²) in [6.45, 7) is 1.90. The predicted molar refractivity (Wildman–Crippen MR) is 142 cm³/mol. The number of aliphatic hydroxyl groups excluding tert-OH is 1. The number of ketones is 1. The molecule has 194 valence electrons. The molecule has 0 radical (unpaired) electrons. The Balaban J connectivity index is 1.78. The van der Waals surface area contributed by atoms with Crippen molar-refractivity contribution >= 4 is 44.1 Å². The Kier molecular flexibility index (Phi) is 6.50. The molecule has 0 unspecified atom stereocenters. The molecule has 8 nitrogen and oxygen atoms in total. The van der Waals surface area contributed by atoms with Crippen molar-refractivity contribution in [1.82, 2.24) is 4.98 Å². The second kappa shape index (κ2) is 9.79. The fraction of sp³-hybridized carbons (Fsp3) is 0.179.